The largest absolute Gasteiger partial charge is 0.338 e. The lowest BCUT2D eigenvalue weighted by atomic mass is 9.95. The summed E-state index contributed by atoms with van der Waals surface area (Å²) in [6.07, 6.45) is 5.25. The quantitative estimate of drug-likeness (QED) is 0.696. The highest BCUT2D eigenvalue weighted by Crippen LogP contribution is 2.25. The molecule has 1 amide bonds. The fourth-order valence-electron chi connectivity index (χ4n) is 3.77. The van der Waals surface area contributed by atoms with Gasteiger partial charge in [-0.1, -0.05) is 19.4 Å². The predicted octanol–water partition coefficient (Wildman–Crippen LogP) is 4.11. The number of hydrogen-bond acceptors (Lipinski definition) is 4. The molecule has 0 bridgehead atoms. The van der Waals surface area contributed by atoms with Gasteiger partial charge in [0.25, 0.3) is 5.91 Å². The van der Waals surface area contributed by atoms with Gasteiger partial charge in [-0.3, -0.25) is 4.79 Å². The molecule has 0 aromatic carbocycles. The van der Waals surface area contributed by atoms with Crippen LogP contribution in [0.1, 0.15) is 47.1 Å². The number of fused-ring (bicyclic) bond motifs is 1. The van der Waals surface area contributed by atoms with E-state index in [2.05, 4.69) is 28.5 Å². The summed E-state index contributed by atoms with van der Waals surface area (Å²) in [6, 6.07) is 6.05. The zero-order chi connectivity index (χ0) is 18.1. The van der Waals surface area contributed by atoms with E-state index < -0.39 is 0 Å². The molecule has 26 heavy (non-hydrogen) atoms. The summed E-state index contributed by atoms with van der Waals surface area (Å²) in [5.41, 5.74) is 2.39. The molecule has 3 aromatic heterocycles. The molecule has 4 rings (SSSR count). The molecule has 5 nitrogen and oxygen atoms in total. The maximum atomic E-state index is 13.2. The van der Waals surface area contributed by atoms with E-state index in [1.54, 1.807) is 17.5 Å². The average Bonchev–Trinajstić information content (AvgIpc) is 3.31. The first kappa shape index (κ1) is 17.2. The van der Waals surface area contributed by atoms with Crippen LogP contribution in [0.5, 0.6) is 0 Å². The van der Waals surface area contributed by atoms with Gasteiger partial charge >= 0.3 is 0 Å². The van der Waals surface area contributed by atoms with E-state index in [0.717, 1.165) is 48.2 Å². The fourth-order valence-corrected chi connectivity index (χ4v) is 4.45. The summed E-state index contributed by atoms with van der Waals surface area (Å²) in [5.74, 6) is 0.738. The van der Waals surface area contributed by atoms with Crippen molar-refractivity contribution >= 4 is 28.3 Å². The lowest BCUT2D eigenvalue weighted by molar-refractivity contribution is 0.0673. The second-order valence-electron chi connectivity index (χ2n) is 7.10. The molecule has 6 heteroatoms. The van der Waals surface area contributed by atoms with E-state index in [4.69, 9.17) is 0 Å². The smallest absolute Gasteiger partial charge is 0.254 e. The third-order valence-corrected chi connectivity index (χ3v) is 6.10. The van der Waals surface area contributed by atoms with Crippen LogP contribution in [-0.4, -0.2) is 38.7 Å². The van der Waals surface area contributed by atoms with Crippen molar-refractivity contribution in [3.05, 3.63) is 45.9 Å². The normalized spacial score (nSPS) is 17.8. The Balaban J connectivity index is 1.69. The van der Waals surface area contributed by atoms with Gasteiger partial charge in [0.05, 0.1) is 23.7 Å². The number of rotatable bonds is 4. The first-order valence-corrected chi connectivity index (χ1v) is 10.2. The molecule has 1 atom stereocenters. The zero-order valence-corrected chi connectivity index (χ0v) is 16.1. The number of thiophene rings is 1. The third kappa shape index (κ3) is 3.26. The van der Waals surface area contributed by atoms with Crippen molar-refractivity contribution in [2.75, 3.05) is 13.1 Å². The van der Waals surface area contributed by atoms with Crippen molar-refractivity contribution in [2.24, 2.45) is 5.92 Å². The van der Waals surface area contributed by atoms with Gasteiger partial charge in [0.15, 0.2) is 5.65 Å². The van der Waals surface area contributed by atoms with Crippen molar-refractivity contribution in [3.8, 4) is 0 Å². The van der Waals surface area contributed by atoms with Crippen LogP contribution in [-0.2, 0) is 6.54 Å². The van der Waals surface area contributed by atoms with Crippen LogP contribution in [0.3, 0.4) is 0 Å². The van der Waals surface area contributed by atoms with Crippen molar-refractivity contribution in [1.29, 1.82) is 0 Å². The molecular formula is C20H24N4OS. The highest BCUT2D eigenvalue weighted by atomic mass is 32.1. The minimum atomic E-state index is 0.120. The molecule has 4 heterocycles. The van der Waals surface area contributed by atoms with Crippen molar-refractivity contribution in [2.45, 2.75) is 39.7 Å². The minimum Gasteiger partial charge on any atom is -0.338 e. The van der Waals surface area contributed by atoms with E-state index in [-0.39, 0.29) is 5.91 Å². The second-order valence-corrected chi connectivity index (χ2v) is 8.13. The summed E-state index contributed by atoms with van der Waals surface area (Å²) in [6.45, 7) is 6.56. The highest BCUT2D eigenvalue weighted by Gasteiger charge is 2.26. The lowest BCUT2D eigenvalue weighted by Gasteiger charge is -2.32. The number of nitrogens with zero attached hydrogens (tertiary/aromatic N) is 4. The number of aromatic nitrogens is 3. The van der Waals surface area contributed by atoms with Gasteiger partial charge in [0.1, 0.15) is 0 Å². The molecule has 0 spiro atoms. The average molecular weight is 369 g/mol. The Morgan fingerprint density at radius 3 is 3.08 bits per heavy atom. The summed E-state index contributed by atoms with van der Waals surface area (Å²) in [4.78, 5) is 21.1. The fraction of sp³-hybridized carbons (Fsp3) is 0.450. The number of likely N-dealkylation sites (tertiary alicyclic amines) is 1. The monoisotopic (exact) mass is 368 g/mol. The summed E-state index contributed by atoms with van der Waals surface area (Å²) in [7, 11) is 0. The molecule has 0 radical (unpaired) electrons. The molecule has 1 aliphatic rings. The van der Waals surface area contributed by atoms with Gasteiger partial charge in [-0.15, -0.1) is 11.3 Å². The molecule has 1 fully saturated rings. The van der Waals surface area contributed by atoms with Gasteiger partial charge in [-0.2, -0.15) is 5.10 Å². The van der Waals surface area contributed by atoms with Crippen molar-refractivity contribution in [1.82, 2.24) is 19.7 Å². The Morgan fingerprint density at radius 2 is 2.31 bits per heavy atom. The Kier molecular flexibility index (Phi) is 4.76. The molecule has 1 unspecified atom stereocenters. The third-order valence-electron chi connectivity index (χ3n) is 5.24. The SMILES string of the molecule is CCC1CCCN(C(=O)c2cc(C)nc3c2cnn3Cc2cccs2)C1. The van der Waals surface area contributed by atoms with Crippen LogP contribution < -0.4 is 0 Å². The van der Waals surface area contributed by atoms with E-state index in [9.17, 15) is 4.79 Å². The Bertz CT molecular complexity index is 915. The number of hydrogen-bond donors (Lipinski definition) is 0. The van der Waals surface area contributed by atoms with Crippen LogP contribution in [0.4, 0.5) is 0 Å². The molecule has 136 valence electrons. The number of aryl methyl sites for hydroxylation is 1. The van der Waals surface area contributed by atoms with Crippen molar-refractivity contribution < 1.29 is 4.79 Å². The van der Waals surface area contributed by atoms with E-state index in [1.165, 1.54) is 11.3 Å². The second kappa shape index (κ2) is 7.19. The van der Waals surface area contributed by atoms with Gasteiger partial charge in [-0.25, -0.2) is 9.67 Å². The van der Waals surface area contributed by atoms with Crippen molar-refractivity contribution in [3.63, 3.8) is 0 Å². The summed E-state index contributed by atoms with van der Waals surface area (Å²) in [5, 5.41) is 7.44. The number of carbonyl (C=O) groups excluding carboxylic acids is 1. The molecule has 0 N–H and O–H groups in total. The summed E-state index contributed by atoms with van der Waals surface area (Å²) >= 11 is 1.71. The molecule has 3 aromatic rings. The topological polar surface area (TPSA) is 51.0 Å². The minimum absolute atomic E-state index is 0.120. The van der Waals surface area contributed by atoms with Gasteiger partial charge in [-0.05, 0) is 43.2 Å². The van der Waals surface area contributed by atoms with Crippen LogP contribution in [0.2, 0.25) is 0 Å². The molecule has 0 aliphatic carbocycles. The molecule has 0 saturated carbocycles. The van der Waals surface area contributed by atoms with E-state index in [1.807, 2.05) is 28.6 Å². The van der Waals surface area contributed by atoms with Gasteiger partial charge < -0.3 is 4.90 Å². The van der Waals surface area contributed by atoms with Crippen LogP contribution in [0.25, 0.3) is 11.0 Å². The molecular weight excluding hydrogens is 344 g/mol. The van der Waals surface area contributed by atoms with Gasteiger partial charge in [0.2, 0.25) is 0 Å². The van der Waals surface area contributed by atoms with Crippen LogP contribution in [0.15, 0.2) is 29.8 Å². The van der Waals surface area contributed by atoms with E-state index in [0.29, 0.717) is 12.5 Å². The Labute approximate surface area is 157 Å². The lowest BCUT2D eigenvalue weighted by Crippen LogP contribution is -2.39. The number of amides is 1. The Morgan fingerprint density at radius 1 is 1.42 bits per heavy atom. The Hall–Kier alpha value is -2.21. The maximum Gasteiger partial charge on any atom is 0.254 e. The first-order valence-electron chi connectivity index (χ1n) is 9.30. The van der Waals surface area contributed by atoms with Crippen LogP contribution in [0, 0.1) is 12.8 Å². The molecule has 1 aliphatic heterocycles. The van der Waals surface area contributed by atoms with E-state index >= 15 is 0 Å². The summed E-state index contributed by atoms with van der Waals surface area (Å²) < 4.78 is 1.90. The maximum absolute atomic E-state index is 13.2. The molecule has 1 saturated heterocycles. The highest BCUT2D eigenvalue weighted by molar-refractivity contribution is 7.09. The standard InChI is InChI=1S/C20H24N4OS/c1-3-15-6-4-8-23(12-15)20(25)17-10-14(2)22-19-18(17)11-21-24(19)13-16-7-5-9-26-16/h5,7,9-11,15H,3-4,6,8,12-13H2,1-2H3. The number of carbonyl (C=O) groups is 1. The van der Waals surface area contributed by atoms with Crippen LogP contribution >= 0.6 is 11.3 Å². The first-order chi connectivity index (χ1) is 12.7. The van der Waals surface area contributed by atoms with Gasteiger partial charge in [0, 0.05) is 23.7 Å². The number of piperidine rings is 1. The number of pyridine rings is 1. The predicted molar refractivity (Wildman–Crippen MR) is 105 cm³/mol. The zero-order valence-electron chi connectivity index (χ0n) is 15.3.